The monoisotopic (exact) mass is 343 g/mol. The minimum Gasteiger partial charge on any atom is -0.359 e. The van der Waals surface area contributed by atoms with Crippen molar-refractivity contribution < 1.29 is 0 Å². The summed E-state index contributed by atoms with van der Waals surface area (Å²) in [5, 5.41) is 5.19. The lowest BCUT2D eigenvalue weighted by molar-refractivity contribution is 0.175. The van der Waals surface area contributed by atoms with E-state index in [1.807, 2.05) is 24.3 Å². The van der Waals surface area contributed by atoms with E-state index in [0.29, 0.717) is 16.6 Å². The van der Waals surface area contributed by atoms with Gasteiger partial charge in [-0.2, -0.15) is 0 Å². The highest BCUT2D eigenvalue weighted by Gasteiger charge is 2.18. The summed E-state index contributed by atoms with van der Waals surface area (Å²) in [6.45, 7) is 9.11. The molecule has 0 bridgehead atoms. The van der Waals surface area contributed by atoms with Gasteiger partial charge in [0.1, 0.15) is 0 Å². The van der Waals surface area contributed by atoms with Gasteiger partial charge in [-0.1, -0.05) is 35.3 Å². The maximum atomic E-state index is 6.05. The third-order valence-corrected chi connectivity index (χ3v) is 4.59. The van der Waals surface area contributed by atoms with Gasteiger partial charge in [0.15, 0.2) is 5.11 Å². The number of hydrogen-bond donors (Lipinski definition) is 1. The number of hydrogen-bond acceptors (Lipinski definition) is 2. The first kappa shape index (κ1) is 16.6. The van der Waals surface area contributed by atoms with Crippen molar-refractivity contribution in [1.29, 1.82) is 0 Å². The van der Waals surface area contributed by atoms with Crippen molar-refractivity contribution in [3.63, 3.8) is 0 Å². The molecule has 1 saturated heterocycles. The molecule has 0 amide bonds. The van der Waals surface area contributed by atoms with Crippen LogP contribution in [0, 0.1) is 0 Å². The molecule has 2 rings (SSSR count). The van der Waals surface area contributed by atoms with Crippen molar-refractivity contribution in [3.05, 3.63) is 46.5 Å². The van der Waals surface area contributed by atoms with Gasteiger partial charge in [-0.25, -0.2) is 0 Å². The molecule has 1 aliphatic heterocycles. The molecule has 1 N–H and O–H groups in total. The molecule has 3 nitrogen and oxygen atoms in total. The second-order valence-electron chi connectivity index (χ2n) is 4.99. The number of nitrogens with zero attached hydrogens (tertiary/aromatic N) is 2. The van der Waals surface area contributed by atoms with E-state index in [1.54, 1.807) is 0 Å². The average Bonchev–Trinajstić information content (AvgIpc) is 2.49. The molecule has 0 aromatic heterocycles. The van der Waals surface area contributed by atoms with Crippen LogP contribution in [0.5, 0.6) is 0 Å². The highest BCUT2D eigenvalue weighted by atomic mass is 35.5. The maximum absolute atomic E-state index is 6.05. The lowest BCUT2D eigenvalue weighted by Crippen LogP contribution is -2.51. The summed E-state index contributed by atoms with van der Waals surface area (Å²) in [5.74, 6) is 0. The molecule has 114 valence electrons. The van der Waals surface area contributed by atoms with Crippen LogP contribution in [-0.4, -0.2) is 47.6 Å². The predicted octanol–water partition coefficient (Wildman–Crippen LogP) is 3.17. The molecule has 21 heavy (non-hydrogen) atoms. The van der Waals surface area contributed by atoms with E-state index in [2.05, 4.69) is 21.7 Å². The smallest absolute Gasteiger partial charge is 0.169 e. The summed E-state index contributed by atoms with van der Waals surface area (Å²) < 4.78 is 0. The zero-order chi connectivity index (χ0) is 15.2. The Hall–Kier alpha value is -0.810. The Balaban J connectivity index is 1.82. The zero-order valence-corrected chi connectivity index (χ0v) is 14.1. The summed E-state index contributed by atoms with van der Waals surface area (Å²) in [4.78, 5) is 4.59. The lowest BCUT2D eigenvalue weighted by atomic mass is 10.2. The molecule has 1 aromatic carbocycles. The third-order valence-electron chi connectivity index (χ3n) is 3.45. The standard InChI is InChI=1S/C15H19Cl2N3S/c1-2-5-18-15(21)20-8-6-19(7-9-20)11-12-3-4-13(16)14(17)10-12/h2-4,10H,1,5-9,11H2,(H,18,21). The van der Waals surface area contributed by atoms with Crippen LogP contribution < -0.4 is 5.32 Å². The Morgan fingerprint density at radius 1 is 1.24 bits per heavy atom. The number of nitrogens with one attached hydrogen (secondary N) is 1. The quantitative estimate of drug-likeness (QED) is 0.668. The molecule has 1 heterocycles. The third kappa shape index (κ3) is 4.85. The van der Waals surface area contributed by atoms with Crippen molar-refractivity contribution >= 4 is 40.5 Å². The van der Waals surface area contributed by atoms with Gasteiger partial charge in [-0.3, -0.25) is 4.90 Å². The van der Waals surface area contributed by atoms with Crippen molar-refractivity contribution in [2.75, 3.05) is 32.7 Å². The molecular weight excluding hydrogens is 325 g/mol. The van der Waals surface area contributed by atoms with Crippen LogP contribution in [0.3, 0.4) is 0 Å². The number of rotatable bonds is 4. The highest BCUT2D eigenvalue weighted by molar-refractivity contribution is 7.80. The Bertz CT molecular complexity index is 514. The van der Waals surface area contributed by atoms with Gasteiger partial charge in [0, 0.05) is 39.3 Å². The van der Waals surface area contributed by atoms with Gasteiger partial charge in [0.25, 0.3) is 0 Å². The van der Waals surface area contributed by atoms with Gasteiger partial charge in [0.2, 0.25) is 0 Å². The molecule has 0 spiro atoms. The van der Waals surface area contributed by atoms with Gasteiger partial charge < -0.3 is 10.2 Å². The first-order chi connectivity index (χ1) is 10.1. The minimum atomic E-state index is 0.601. The molecular formula is C15H19Cl2N3S. The van der Waals surface area contributed by atoms with Crippen LogP contribution in [0.1, 0.15) is 5.56 Å². The summed E-state index contributed by atoms with van der Waals surface area (Å²) in [6, 6.07) is 5.81. The Kier molecular flexibility index (Phi) is 6.30. The number of benzene rings is 1. The zero-order valence-electron chi connectivity index (χ0n) is 11.8. The van der Waals surface area contributed by atoms with E-state index in [4.69, 9.17) is 35.4 Å². The molecule has 6 heteroatoms. The Labute approximate surface area is 141 Å². The van der Waals surface area contributed by atoms with Crippen LogP contribution >= 0.6 is 35.4 Å². The normalized spacial score (nSPS) is 15.8. The minimum absolute atomic E-state index is 0.601. The van der Waals surface area contributed by atoms with Gasteiger partial charge in [0.05, 0.1) is 10.0 Å². The van der Waals surface area contributed by atoms with Gasteiger partial charge >= 0.3 is 0 Å². The fraction of sp³-hybridized carbons (Fsp3) is 0.400. The van der Waals surface area contributed by atoms with Crippen molar-refractivity contribution in [1.82, 2.24) is 15.1 Å². The van der Waals surface area contributed by atoms with E-state index in [-0.39, 0.29) is 0 Å². The molecule has 0 aliphatic carbocycles. The van der Waals surface area contributed by atoms with E-state index in [9.17, 15) is 0 Å². The summed E-state index contributed by atoms with van der Waals surface area (Å²) in [7, 11) is 0. The molecule has 0 saturated carbocycles. The first-order valence-electron chi connectivity index (χ1n) is 6.90. The van der Waals surface area contributed by atoms with E-state index in [0.717, 1.165) is 37.8 Å². The van der Waals surface area contributed by atoms with Crippen LogP contribution in [0.4, 0.5) is 0 Å². The first-order valence-corrected chi connectivity index (χ1v) is 8.06. The van der Waals surface area contributed by atoms with Crippen molar-refractivity contribution in [2.24, 2.45) is 0 Å². The van der Waals surface area contributed by atoms with Crippen LogP contribution in [0.15, 0.2) is 30.9 Å². The molecule has 0 radical (unpaired) electrons. The predicted molar refractivity (Wildman–Crippen MR) is 94.1 cm³/mol. The van der Waals surface area contributed by atoms with Crippen LogP contribution in [-0.2, 0) is 6.54 Å². The number of thiocarbonyl (C=S) groups is 1. The fourth-order valence-corrected chi connectivity index (χ4v) is 2.86. The summed E-state index contributed by atoms with van der Waals surface area (Å²) in [5.41, 5.74) is 1.19. The highest BCUT2D eigenvalue weighted by Crippen LogP contribution is 2.23. The molecule has 0 unspecified atom stereocenters. The maximum Gasteiger partial charge on any atom is 0.169 e. The van der Waals surface area contributed by atoms with Gasteiger partial charge in [-0.15, -0.1) is 6.58 Å². The van der Waals surface area contributed by atoms with E-state index < -0.39 is 0 Å². The van der Waals surface area contributed by atoms with Crippen LogP contribution in [0.2, 0.25) is 10.0 Å². The fourth-order valence-electron chi connectivity index (χ4n) is 2.28. The lowest BCUT2D eigenvalue weighted by Gasteiger charge is -2.36. The van der Waals surface area contributed by atoms with Crippen molar-refractivity contribution in [3.8, 4) is 0 Å². The molecule has 1 aliphatic rings. The Morgan fingerprint density at radius 3 is 2.57 bits per heavy atom. The topological polar surface area (TPSA) is 18.5 Å². The van der Waals surface area contributed by atoms with Crippen LogP contribution in [0.25, 0.3) is 0 Å². The van der Waals surface area contributed by atoms with E-state index in [1.165, 1.54) is 5.56 Å². The largest absolute Gasteiger partial charge is 0.359 e. The summed E-state index contributed by atoms with van der Waals surface area (Å²) in [6.07, 6.45) is 1.81. The molecule has 1 fully saturated rings. The summed E-state index contributed by atoms with van der Waals surface area (Å²) >= 11 is 17.3. The van der Waals surface area contributed by atoms with E-state index >= 15 is 0 Å². The number of halogens is 2. The average molecular weight is 344 g/mol. The molecule has 0 atom stereocenters. The molecule has 1 aromatic rings. The second-order valence-corrected chi connectivity index (χ2v) is 6.19. The van der Waals surface area contributed by atoms with Crippen molar-refractivity contribution in [2.45, 2.75) is 6.54 Å². The second kappa shape index (κ2) is 7.99. The number of piperazine rings is 1. The Morgan fingerprint density at radius 2 is 1.95 bits per heavy atom. The van der Waals surface area contributed by atoms with Gasteiger partial charge in [-0.05, 0) is 29.9 Å². The SMILES string of the molecule is C=CCNC(=S)N1CCN(Cc2ccc(Cl)c(Cl)c2)CC1.